The molecule has 0 bridgehead atoms. The highest BCUT2D eigenvalue weighted by atomic mass is 32.2. The van der Waals surface area contributed by atoms with Gasteiger partial charge >= 0.3 is 0 Å². The molecule has 1 atom stereocenters. The molecule has 0 aromatic carbocycles. The highest BCUT2D eigenvalue weighted by molar-refractivity contribution is 8.00. The molecule has 1 aliphatic rings. The van der Waals surface area contributed by atoms with Crippen LogP contribution in [0.25, 0.3) is 0 Å². The second-order valence-electron chi connectivity index (χ2n) is 5.31. The number of aromatic nitrogens is 3. The molecule has 1 amide bonds. The van der Waals surface area contributed by atoms with Gasteiger partial charge in [0.15, 0.2) is 0 Å². The zero-order chi connectivity index (χ0) is 16.9. The van der Waals surface area contributed by atoms with Crippen LogP contribution in [0.2, 0.25) is 0 Å². The number of nitrogens with zero attached hydrogens (tertiary/aromatic N) is 5. The Morgan fingerprint density at radius 2 is 2.33 bits per heavy atom. The smallest absolute Gasteiger partial charge is 0.233 e. The monoisotopic (exact) mass is 359 g/mol. The molecule has 1 fully saturated rings. The van der Waals surface area contributed by atoms with Crippen molar-refractivity contribution in [2.45, 2.75) is 23.4 Å². The molecule has 1 saturated heterocycles. The van der Waals surface area contributed by atoms with Gasteiger partial charge in [0.1, 0.15) is 16.5 Å². The number of carbonyl (C=O) groups is 1. The Labute approximate surface area is 149 Å². The van der Waals surface area contributed by atoms with Gasteiger partial charge in [0.25, 0.3) is 0 Å². The van der Waals surface area contributed by atoms with Gasteiger partial charge in [0.05, 0.1) is 23.3 Å². The van der Waals surface area contributed by atoms with Crippen molar-refractivity contribution < 1.29 is 4.79 Å². The molecular weight excluding hydrogens is 342 g/mol. The van der Waals surface area contributed by atoms with E-state index in [4.69, 9.17) is 5.26 Å². The van der Waals surface area contributed by atoms with Gasteiger partial charge < -0.3 is 9.47 Å². The lowest BCUT2D eigenvalue weighted by Gasteiger charge is -2.24. The van der Waals surface area contributed by atoms with E-state index < -0.39 is 0 Å². The van der Waals surface area contributed by atoms with Crippen LogP contribution in [0.5, 0.6) is 0 Å². The van der Waals surface area contributed by atoms with Crippen molar-refractivity contribution in [3.63, 3.8) is 0 Å². The fraction of sp³-hybridized carbons (Fsp3) is 0.375. The maximum Gasteiger partial charge on any atom is 0.233 e. The molecule has 3 heterocycles. The quantitative estimate of drug-likeness (QED) is 0.738. The number of rotatable bonds is 6. The van der Waals surface area contributed by atoms with Gasteiger partial charge in [-0.2, -0.15) is 5.26 Å². The molecule has 0 radical (unpaired) electrons. The molecule has 8 heteroatoms. The lowest BCUT2D eigenvalue weighted by molar-refractivity contribution is -0.128. The first-order chi connectivity index (χ1) is 11.7. The largest absolute Gasteiger partial charge is 0.337 e. The summed E-state index contributed by atoms with van der Waals surface area (Å²) in [5.74, 6) is 0.624. The Hall–Kier alpha value is -1.98. The molecule has 2 aromatic rings. The number of amides is 1. The molecule has 1 unspecified atom stereocenters. The van der Waals surface area contributed by atoms with E-state index in [9.17, 15) is 4.79 Å². The Morgan fingerprint density at radius 1 is 1.46 bits per heavy atom. The molecule has 24 heavy (non-hydrogen) atoms. The first-order valence-corrected chi connectivity index (χ1v) is 9.82. The van der Waals surface area contributed by atoms with Crippen molar-refractivity contribution in [1.82, 2.24) is 19.4 Å². The van der Waals surface area contributed by atoms with E-state index in [1.54, 1.807) is 30.4 Å². The van der Waals surface area contributed by atoms with Crippen LogP contribution in [0.4, 0.5) is 0 Å². The van der Waals surface area contributed by atoms with Gasteiger partial charge in [-0.1, -0.05) is 0 Å². The highest BCUT2D eigenvalue weighted by Crippen LogP contribution is 2.38. The number of pyridine rings is 1. The third-order valence-corrected chi connectivity index (χ3v) is 5.71. The van der Waals surface area contributed by atoms with Crippen LogP contribution < -0.4 is 0 Å². The highest BCUT2D eigenvalue weighted by Gasteiger charge is 2.33. The molecule has 1 aliphatic heterocycles. The zero-order valence-corrected chi connectivity index (χ0v) is 14.9. The first-order valence-electron chi connectivity index (χ1n) is 7.54. The maximum atomic E-state index is 12.2. The van der Waals surface area contributed by atoms with Crippen LogP contribution in [0.15, 0.2) is 35.9 Å². The average molecular weight is 359 g/mol. The van der Waals surface area contributed by atoms with Gasteiger partial charge in [-0.3, -0.25) is 4.79 Å². The molecule has 2 aromatic heterocycles. The van der Waals surface area contributed by atoms with Crippen LogP contribution in [0.3, 0.4) is 0 Å². The standard InChI is InChI=1S/C16H17N5OS2/c1-23-15-12(9-17)3-4-13(19-15)16-21(14(22)10-24-16)7-2-6-20-8-5-18-11-20/h3-5,8,11,16H,2,6-7,10H2,1H3. The van der Waals surface area contributed by atoms with E-state index in [1.165, 1.54) is 11.8 Å². The summed E-state index contributed by atoms with van der Waals surface area (Å²) >= 11 is 3.05. The lowest BCUT2D eigenvalue weighted by Crippen LogP contribution is -2.30. The number of imidazole rings is 1. The fourth-order valence-corrected chi connectivity index (χ4v) is 4.32. The van der Waals surface area contributed by atoms with Gasteiger partial charge in [-0.05, 0) is 24.8 Å². The Balaban J connectivity index is 1.71. The minimum absolute atomic E-state index is 0.0704. The molecule has 0 saturated carbocycles. The summed E-state index contributed by atoms with van der Waals surface area (Å²) in [6.07, 6.45) is 8.23. The van der Waals surface area contributed by atoms with Gasteiger partial charge in [-0.15, -0.1) is 23.5 Å². The second kappa shape index (κ2) is 7.73. The van der Waals surface area contributed by atoms with Crippen molar-refractivity contribution in [2.24, 2.45) is 0 Å². The van der Waals surface area contributed by atoms with Crippen LogP contribution in [0, 0.1) is 11.3 Å². The van der Waals surface area contributed by atoms with Crippen LogP contribution >= 0.6 is 23.5 Å². The van der Waals surface area contributed by atoms with Gasteiger partial charge in [-0.25, -0.2) is 9.97 Å². The Bertz CT molecular complexity index is 756. The third kappa shape index (κ3) is 3.57. The molecule has 6 nitrogen and oxygen atoms in total. The minimum atomic E-state index is -0.0704. The fourth-order valence-electron chi connectivity index (χ4n) is 2.62. The number of carbonyl (C=O) groups excluding carboxylic acids is 1. The lowest BCUT2D eigenvalue weighted by atomic mass is 10.2. The molecule has 0 N–H and O–H groups in total. The van der Waals surface area contributed by atoms with E-state index in [0.717, 1.165) is 18.7 Å². The number of thioether (sulfide) groups is 2. The van der Waals surface area contributed by atoms with Crippen LogP contribution in [-0.4, -0.2) is 43.9 Å². The average Bonchev–Trinajstić information content (AvgIpc) is 3.25. The molecule has 3 rings (SSSR count). The van der Waals surface area contributed by atoms with Gasteiger partial charge in [0.2, 0.25) is 5.91 Å². The predicted molar refractivity (Wildman–Crippen MR) is 94.5 cm³/mol. The molecule has 0 spiro atoms. The summed E-state index contributed by atoms with van der Waals surface area (Å²) in [5.41, 5.74) is 1.42. The third-order valence-electron chi connectivity index (χ3n) is 3.79. The van der Waals surface area contributed by atoms with E-state index in [2.05, 4.69) is 16.0 Å². The number of hydrogen-bond acceptors (Lipinski definition) is 6. The predicted octanol–water partition coefficient (Wildman–Crippen LogP) is 2.54. The molecule has 0 aliphatic carbocycles. The minimum Gasteiger partial charge on any atom is -0.337 e. The summed E-state index contributed by atoms with van der Waals surface area (Å²) in [6, 6.07) is 5.81. The van der Waals surface area contributed by atoms with Crippen molar-refractivity contribution in [2.75, 3.05) is 18.6 Å². The second-order valence-corrected chi connectivity index (χ2v) is 7.17. The van der Waals surface area contributed by atoms with Crippen LogP contribution in [-0.2, 0) is 11.3 Å². The number of hydrogen-bond donors (Lipinski definition) is 0. The van der Waals surface area contributed by atoms with Crippen molar-refractivity contribution >= 4 is 29.4 Å². The van der Waals surface area contributed by atoms with Gasteiger partial charge in [0, 0.05) is 25.5 Å². The molecular formula is C16H17N5OS2. The Kier molecular flexibility index (Phi) is 5.43. The normalized spacial score (nSPS) is 17.2. The van der Waals surface area contributed by atoms with Crippen molar-refractivity contribution in [3.05, 3.63) is 42.1 Å². The Morgan fingerprint density at radius 3 is 3.04 bits per heavy atom. The SMILES string of the molecule is CSc1nc(C2SCC(=O)N2CCCn2ccnc2)ccc1C#N. The topological polar surface area (TPSA) is 74.8 Å². The van der Waals surface area contributed by atoms with E-state index >= 15 is 0 Å². The maximum absolute atomic E-state index is 12.2. The zero-order valence-electron chi connectivity index (χ0n) is 13.3. The summed E-state index contributed by atoms with van der Waals surface area (Å²) in [5, 5.41) is 9.77. The van der Waals surface area contributed by atoms with Crippen LogP contribution in [0.1, 0.15) is 23.1 Å². The number of aryl methyl sites for hydroxylation is 1. The van der Waals surface area contributed by atoms with E-state index in [1.807, 2.05) is 28.0 Å². The first kappa shape index (κ1) is 16.9. The summed E-state index contributed by atoms with van der Waals surface area (Å²) in [7, 11) is 0. The summed E-state index contributed by atoms with van der Waals surface area (Å²) in [6.45, 7) is 1.52. The summed E-state index contributed by atoms with van der Waals surface area (Å²) < 4.78 is 2.01. The van der Waals surface area contributed by atoms with E-state index in [0.29, 0.717) is 22.9 Å². The van der Waals surface area contributed by atoms with Crippen molar-refractivity contribution in [1.29, 1.82) is 5.26 Å². The molecule has 124 valence electrons. The van der Waals surface area contributed by atoms with Crippen molar-refractivity contribution in [3.8, 4) is 6.07 Å². The number of nitriles is 1. The van der Waals surface area contributed by atoms with E-state index in [-0.39, 0.29) is 11.3 Å². The summed E-state index contributed by atoms with van der Waals surface area (Å²) in [4.78, 5) is 22.7.